The molecule has 5 nitrogen and oxygen atoms in total. The number of aromatic nitrogens is 4. The Labute approximate surface area is 147 Å². The van der Waals surface area contributed by atoms with Crippen LogP contribution >= 0.6 is 0 Å². The number of tetrazole rings is 1. The molecular formula is C19H16N4OS. The topological polar surface area (TPSA) is 60.7 Å². The fourth-order valence-electron chi connectivity index (χ4n) is 2.85. The molecule has 4 rings (SSSR count). The van der Waals surface area contributed by atoms with Crippen LogP contribution in [0.15, 0.2) is 72.8 Å². The lowest BCUT2D eigenvalue weighted by Gasteiger charge is -2.07. The second kappa shape index (κ2) is 6.94. The molecule has 0 spiro atoms. The van der Waals surface area contributed by atoms with E-state index in [0.29, 0.717) is 17.3 Å². The van der Waals surface area contributed by atoms with Crippen molar-refractivity contribution >= 4 is 21.6 Å². The molecule has 0 unspecified atom stereocenters. The summed E-state index contributed by atoms with van der Waals surface area (Å²) in [7, 11) is -1.10. The van der Waals surface area contributed by atoms with E-state index in [-0.39, 0.29) is 0 Å². The zero-order valence-electron chi connectivity index (χ0n) is 13.4. The van der Waals surface area contributed by atoms with Crippen LogP contribution in [0.2, 0.25) is 0 Å². The zero-order valence-corrected chi connectivity index (χ0v) is 14.3. The van der Waals surface area contributed by atoms with Crippen molar-refractivity contribution in [2.45, 2.75) is 11.5 Å². The van der Waals surface area contributed by atoms with Gasteiger partial charge in [0.2, 0.25) is 0 Å². The molecule has 4 aromatic rings. The molecule has 0 saturated heterocycles. The van der Waals surface area contributed by atoms with E-state index in [1.165, 1.54) is 0 Å². The third-order valence-electron chi connectivity index (χ3n) is 4.02. The Kier molecular flexibility index (Phi) is 4.35. The highest BCUT2D eigenvalue weighted by Gasteiger charge is 2.13. The highest BCUT2D eigenvalue weighted by molar-refractivity contribution is 7.83. The minimum atomic E-state index is -1.10. The van der Waals surface area contributed by atoms with Crippen LogP contribution in [0.3, 0.4) is 0 Å². The van der Waals surface area contributed by atoms with Gasteiger partial charge < -0.3 is 0 Å². The van der Waals surface area contributed by atoms with Gasteiger partial charge in [-0.15, -0.1) is 5.10 Å². The largest absolute Gasteiger partial charge is 0.259 e. The van der Waals surface area contributed by atoms with Gasteiger partial charge in [0.05, 0.1) is 11.4 Å². The maximum Gasteiger partial charge on any atom is 0.169 e. The van der Waals surface area contributed by atoms with Crippen molar-refractivity contribution < 1.29 is 4.21 Å². The SMILES string of the molecule is O=[S@](Cc1cccc2ccccc12)Cc1nnnn1-c1ccccc1. The summed E-state index contributed by atoms with van der Waals surface area (Å²) in [5.41, 5.74) is 1.94. The van der Waals surface area contributed by atoms with Crippen molar-refractivity contribution in [3.63, 3.8) is 0 Å². The number of fused-ring (bicyclic) bond motifs is 1. The van der Waals surface area contributed by atoms with Crippen molar-refractivity contribution in [2.75, 3.05) is 0 Å². The van der Waals surface area contributed by atoms with Gasteiger partial charge in [-0.1, -0.05) is 60.7 Å². The highest BCUT2D eigenvalue weighted by Crippen LogP contribution is 2.20. The lowest BCUT2D eigenvalue weighted by Crippen LogP contribution is -2.08. The first-order chi connectivity index (χ1) is 12.3. The molecule has 6 heteroatoms. The molecule has 0 amide bonds. The fraction of sp³-hybridized carbons (Fsp3) is 0.105. The maximum absolute atomic E-state index is 12.7. The van der Waals surface area contributed by atoms with Crippen molar-refractivity contribution in [2.24, 2.45) is 0 Å². The molecule has 0 bridgehead atoms. The van der Waals surface area contributed by atoms with Gasteiger partial charge in [0.1, 0.15) is 0 Å². The van der Waals surface area contributed by atoms with Crippen LogP contribution in [-0.2, 0) is 22.3 Å². The first-order valence-corrected chi connectivity index (χ1v) is 9.44. The van der Waals surface area contributed by atoms with Gasteiger partial charge >= 0.3 is 0 Å². The molecule has 1 atom stereocenters. The Hall–Kier alpha value is -2.86. The van der Waals surface area contributed by atoms with Gasteiger partial charge in [0.25, 0.3) is 0 Å². The van der Waals surface area contributed by atoms with Crippen molar-refractivity contribution in [3.8, 4) is 5.69 Å². The Bertz CT molecular complexity index is 1020. The molecular weight excluding hydrogens is 332 g/mol. The van der Waals surface area contributed by atoms with Gasteiger partial charge in [-0.25, -0.2) is 0 Å². The number of hydrogen-bond acceptors (Lipinski definition) is 4. The van der Waals surface area contributed by atoms with Crippen molar-refractivity contribution in [3.05, 3.63) is 84.2 Å². The van der Waals surface area contributed by atoms with Crippen LogP contribution in [0.1, 0.15) is 11.4 Å². The van der Waals surface area contributed by atoms with Gasteiger partial charge in [-0.3, -0.25) is 4.21 Å². The van der Waals surface area contributed by atoms with Crippen LogP contribution in [0, 0.1) is 0 Å². The summed E-state index contributed by atoms with van der Waals surface area (Å²) in [6, 6.07) is 23.9. The third-order valence-corrected chi connectivity index (χ3v) is 5.23. The number of hydrogen-bond donors (Lipinski definition) is 0. The Morgan fingerprint density at radius 2 is 1.60 bits per heavy atom. The second-order valence-electron chi connectivity index (χ2n) is 5.71. The number of para-hydroxylation sites is 1. The maximum atomic E-state index is 12.7. The molecule has 0 saturated carbocycles. The van der Waals surface area contributed by atoms with Crippen LogP contribution in [0.5, 0.6) is 0 Å². The first kappa shape index (κ1) is 15.7. The Morgan fingerprint density at radius 1 is 0.840 bits per heavy atom. The quantitative estimate of drug-likeness (QED) is 0.555. The number of benzene rings is 3. The summed E-state index contributed by atoms with van der Waals surface area (Å²) in [6.07, 6.45) is 0. The second-order valence-corrected chi connectivity index (χ2v) is 7.17. The van der Waals surface area contributed by atoms with Crippen LogP contribution < -0.4 is 0 Å². The molecule has 0 radical (unpaired) electrons. The van der Waals surface area contributed by atoms with Gasteiger partial charge in [0, 0.05) is 16.6 Å². The van der Waals surface area contributed by atoms with E-state index < -0.39 is 10.8 Å². The molecule has 0 fully saturated rings. The molecule has 0 aliphatic heterocycles. The Balaban J connectivity index is 1.57. The number of nitrogens with zero attached hydrogens (tertiary/aromatic N) is 4. The summed E-state index contributed by atoms with van der Waals surface area (Å²) in [5.74, 6) is 1.39. The third kappa shape index (κ3) is 3.34. The summed E-state index contributed by atoms with van der Waals surface area (Å²) in [5, 5.41) is 14.1. The van der Waals surface area contributed by atoms with E-state index in [1.54, 1.807) is 4.68 Å². The van der Waals surface area contributed by atoms with Gasteiger partial charge in [-0.05, 0) is 38.9 Å². The lowest BCUT2D eigenvalue weighted by molar-refractivity contribution is 0.679. The monoisotopic (exact) mass is 348 g/mol. The summed E-state index contributed by atoms with van der Waals surface area (Å²) < 4.78 is 14.3. The van der Waals surface area contributed by atoms with E-state index in [0.717, 1.165) is 22.0 Å². The molecule has 0 N–H and O–H groups in total. The smallest absolute Gasteiger partial charge is 0.169 e. The minimum Gasteiger partial charge on any atom is -0.259 e. The molecule has 124 valence electrons. The van der Waals surface area contributed by atoms with E-state index in [1.807, 2.05) is 54.6 Å². The molecule has 0 aliphatic rings. The number of rotatable bonds is 5. The van der Waals surface area contributed by atoms with Gasteiger partial charge in [-0.2, -0.15) is 4.68 Å². The van der Waals surface area contributed by atoms with Crippen molar-refractivity contribution in [1.29, 1.82) is 0 Å². The average molecular weight is 348 g/mol. The van der Waals surface area contributed by atoms with E-state index in [9.17, 15) is 4.21 Å². The summed E-state index contributed by atoms with van der Waals surface area (Å²) >= 11 is 0. The predicted octanol–water partition coefficient (Wildman–Crippen LogP) is 3.26. The van der Waals surface area contributed by atoms with Crippen LogP contribution in [0.25, 0.3) is 16.5 Å². The van der Waals surface area contributed by atoms with Crippen LogP contribution in [0.4, 0.5) is 0 Å². The summed E-state index contributed by atoms with van der Waals surface area (Å²) in [4.78, 5) is 0. The minimum absolute atomic E-state index is 0.311. The van der Waals surface area contributed by atoms with E-state index in [4.69, 9.17) is 0 Å². The lowest BCUT2D eigenvalue weighted by atomic mass is 10.1. The fourth-order valence-corrected chi connectivity index (χ4v) is 4.02. The summed E-state index contributed by atoms with van der Waals surface area (Å²) in [6.45, 7) is 0. The molecule has 25 heavy (non-hydrogen) atoms. The Morgan fingerprint density at radius 3 is 2.48 bits per heavy atom. The first-order valence-electron chi connectivity index (χ1n) is 7.95. The average Bonchev–Trinajstić information content (AvgIpc) is 3.11. The van der Waals surface area contributed by atoms with E-state index >= 15 is 0 Å². The zero-order chi connectivity index (χ0) is 17.1. The normalized spacial score (nSPS) is 12.3. The highest BCUT2D eigenvalue weighted by atomic mass is 32.2. The standard InChI is InChI=1S/C19H16N4OS/c24-25(13-16-9-6-8-15-7-4-5-12-18(15)16)14-19-20-21-22-23(19)17-10-2-1-3-11-17/h1-12H,13-14H2/t25-/m1/s1. The van der Waals surface area contributed by atoms with Crippen LogP contribution in [-0.4, -0.2) is 24.4 Å². The van der Waals surface area contributed by atoms with Gasteiger partial charge in [0.15, 0.2) is 5.82 Å². The predicted molar refractivity (Wildman–Crippen MR) is 98.7 cm³/mol. The van der Waals surface area contributed by atoms with Crippen molar-refractivity contribution in [1.82, 2.24) is 20.2 Å². The molecule has 0 aliphatic carbocycles. The van der Waals surface area contributed by atoms with E-state index in [2.05, 4.69) is 33.7 Å². The molecule has 1 aromatic heterocycles. The molecule has 1 heterocycles. The molecule has 3 aromatic carbocycles.